The lowest BCUT2D eigenvalue weighted by Crippen LogP contribution is -2.13. The Labute approximate surface area is 113 Å². The van der Waals surface area contributed by atoms with E-state index in [-0.39, 0.29) is 23.6 Å². The van der Waals surface area contributed by atoms with Gasteiger partial charge < -0.3 is 15.6 Å². The maximum atomic E-state index is 11.5. The Morgan fingerprint density at radius 1 is 1.45 bits per heavy atom. The molecular formula is C12H12N4O4. The third kappa shape index (κ3) is 2.44. The van der Waals surface area contributed by atoms with Gasteiger partial charge in [0, 0.05) is 6.20 Å². The molecule has 2 heterocycles. The van der Waals surface area contributed by atoms with Crippen LogP contribution < -0.4 is 5.73 Å². The number of carbonyl (C=O) groups is 2. The summed E-state index contributed by atoms with van der Waals surface area (Å²) in [5.74, 6) is -2.06. The van der Waals surface area contributed by atoms with Crippen LogP contribution >= 0.6 is 0 Å². The van der Waals surface area contributed by atoms with E-state index in [1.54, 1.807) is 24.4 Å². The molecule has 0 aliphatic rings. The van der Waals surface area contributed by atoms with E-state index < -0.39 is 11.9 Å². The molecule has 2 rings (SSSR count). The summed E-state index contributed by atoms with van der Waals surface area (Å²) < 4.78 is 5.63. The molecule has 20 heavy (non-hydrogen) atoms. The van der Waals surface area contributed by atoms with E-state index in [0.717, 1.165) is 4.68 Å². The summed E-state index contributed by atoms with van der Waals surface area (Å²) in [5.41, 5.74) is 5.53. The molecule has 0 amide bonds. The number of pyridine rings is 1. The van der Waals surface area contributed by atoms with Crippen LogP contribution in [0, 0.1) is 0 Å². The Kier molecular flexibility index (Phi) is 3.65. The van der Waals surface area contributed by atoms with Crippen LogP contribution in [0.15, 0.2) is 24.4 Å². The summed E-state index contributed by atoms with van der Waals surface area (Å²) in [4.78, 5) is 26.8. The van der Waals surface area contributed by atoms with E-state index in [4.69, 9.17) is 5.73 Å². The zero-order valence-corrected chi connectivity index (χ0v) is 10.6. The Morgan fingerprint density at radius 3 is 2.75 bits per heavy atom. The van der Waals surface area contributed by atoms with Crippen molar-refractivity contribution in [2.45, 2.75) is 6.54 Å². The summed E-state index contributed by atoms with van der Waals surface area (Å²) >= 11 is 0. The number of nitrogens with zero attached hydrogens (tertiary/aromatic N) is 3. The molecule has 0 atom stereocenters. The van der Waals surface area contributed by atoms with Gasteiger partial charge in [-0.3, -0.25) is 4.98 Å². The van der Waals surface area contributed by atoms with Crippen molar-refractivity contribution in [2.24, 2.45) is 0 Å². The fourth-order valence-electron chi connectivity index (χ4n) is 1.71. The van der Waals surface area contributed by atoms with Crippen molar-refractivity contribution in [1.82, 2.24) is 14.8 Å². The topological polar surface area (TPSA) is 120 Å². The van der Waals surface area contributed by atoms with Gasteiger partial charge in [-0.05, 0) is 12.1 Å². The molecule has 0 bridgehead atoms. The van der Waals surface area contributed by atoms with E-state index in [1.807, 2.05) is 0 Å². The first kappa shape index (κ1) is 13.5. The molecule has 0 unspecified atom stereocenters. The van der Waals surface area contributed by atoms with Gasteiger partial charge in [0.25, 0.3) is 0 Å². The fourth-order valence-corrected chi connectivity index (χ4v) is 1.71. The summed E-state index contributed by atoms with van der Waals surface area (Å²) in [6.45, 7) is 0.0870. The number of nitrogen functional groups attached to an aromatic ring is 1. The first-order valence-electron chi connectivity index (χ1n) is 5.62. The van der Waals surface area contributed by atoms with Crippen molar-refractivity contribution < 1.29 is 19.4 Å². The predicted octanol–water partition coefficient (Wildman–Crippen LogP) is 0.393. The van der Waals surface area contributed by atoms with Crippen molar-refractivity contribution in [3.63, 3.8) is 0 Å². The van der Waals surface area contributed by atoms with Crippen LogP contribution in [-0.4, -0.2) is 38.9 Å². The lowest BCUT2D eigenvalue weighted by atomic mass is 10.3. The van der Waals surface area contributed by atoms with Crippen LogP contribution in [0.4, 0.5) is 5.69 Å². The minimum absolute atomic E-state index is 0.0870. The first-order chi connectivity index (χ1) is 9.54. The first-order valence-corrected chi connectivity index (χ1v) is 5.62. The van der Waals surface area contributed by atoms with Gasteiger partial charge in [-0.1, -0.05) is 6.07 Å². The van der Waals surface area contributed by atoms with E-state index in [1.165, 1.54) is 7.11 Å². The third-order valence-electron chi connectivity index (χ3n) is 2.61. The van der Waals surface area contributed by atoms with Gasteiger partial charge >= 0.3 is 11.9 Å². The lowest BCUT2D eigenvalue weighted by molar-refractivity contribution is 0.0593. The van der Waals surface area contributed by atoms with Crippen LogP contribution in [0.3, 0.4) is 0 Å². The Balaban J connectivity index is 2.46. The minimum Gasteiger partial charge on any atom is -0.476 e. The molecule has 0 aromatic carbocycles. The van der Waals surface area contributed by atoms with Gasteiger partial charge in [-0.25, -0.2) is 14.3 Å². The summed E-state index contributed by atoms with van der Waals surface area (Å²) in [5, 5.41) is 13.1. The summed E-state index contributed by atoms with van der Waals surface area (Å²) in [6, 6.07) is 5.21. The maximum Gasteiger partial charge on any atom is 0.360 e. The van der Waals surface area contributed by atoms with E-state index in [2.05, 4.69) is 14.8 Å². The fraction of sp³-hybridized carbons (Fsp3) is 0.167. The molecule has 0 radical (unpaired) electrons. The molecule has 3 N–H and O–H groups in total. The molecule has 0 aliphatic heterocycles. The van der Waals surface area contributed by atoms with Crippen molar-refractivity contribution in [3.8, 4) is 0 Å². The molecule has 2 aromatic heterocycles. The van der Waals surface area contributed by atoms with Gasteiger partial charge in [0.1, 0.15) is 5.69 Å². The number of ether oxygens (including phenoxy) is 1. The normalized spacial score (nSPS) is 10.2. The highest BCUT2D eigenvalue weighted by atomic mass is 16.5. The van der Waals surface area contributed by atoms with E-state index >= 15 is 0 Å². The van der Waals surface area contributed by atoms with Crippen molar-refractivity contribution in [2.75, 3.05) is 12.8 Å². The van der Waals surface area contributed by atoms with Crippen molar-refractivity contribution in [1.29, 1.82) is 0 Å². The number of esters is 1. The summed E-state index contributed by atoms with van der Waals surface area (Å²) in [6.07, 6.45) is 1.57. The molecule has 8 heteroatoms. The van der Waals surface area contributed by atoms with Crippen LogP contribution in [0.2, 0.25) is 0 Å². The van der Waals surface area contributed by atoms with Crippen LogP contribution in [0.5, 0.6) is 0 Å². The SMILES string of the molecule is COC(=O)c1nn(Cc2ccccn2)c(C(=O)O)c1N. The second kappa shape index (κ2) is 5.39. The highest BCUT2D eigenvalue weighted by Gasteiger charge is 2.25. The van der Waals surface area contributed by atoms with Crippen LogP contribution in [0.25, 0.3) is 0 Å². The molecule has 0 fully saturated rings. The molecular weight excluding hydrogens is 264 g/mol. The van der Waals surface area contributed by atoms with Crippen LogP contribution in [-0.2, 0) is 11.3 Å². The standard InChI is InChI=1S/C12H12N4O4/c1-20-12(19)9-8(13)10(11(17)18)16(15-9)6-7-4-2-3-5-14-7/h2-5H,6,13H2,1H3,(H,17,18). The molecule has 0 spiro atoms. The number of nitrogens with two attached hydrogens (primary N) is 1. The van der Waals surface area contributed by atoms with E-state index in [0.29, 0.717) is 5.69 Å². The molecule has 2 aromatic rings. The van der Waals surface area contributed by atoms with Crippen molar-refractivity contribution in [3.05, 3.63) is 41.5 Å². The number of aromatic carboxylic acids is 1. The lowest BCUT2D eigenvalue weighted by Gasteiger charge is -2.03. The van der Waals surface area contributed by atoms with Crippen molar-refractivity contribution >= 4 is 17.6 Å². The Bertz CT molecular complexity index is 651. The molecule has 8 nitrogen and oxygen atoms in total. The highest BCUT2D eigenvalue weighted by molar-refractivity contribution is 6.00. The smallest absolute Gasteiger partial charge is 0.360 e. The second-order valence-corrected chi connectivity index (χ2v) is 3.89. The highest BCUT2D eigenvalue weighted by Crippen LogP contribution is 2.19. The second-order valence-electron chi connectivity index (χ2n) is 3.89. The summed E-state index contributed by atoms with van der Waals surface area (Å²) in [7, 11) is 1.17. The number of hydrogen-bond acceptors (Lipinski definition) is 6. The zero-order chi connectivity index (χ0) is 14.7. The molecule has 0 saturated heterocycles. The average Bonchev–Trinajstić information content (AvgIpc) is 2.76. The monoisotopic (exact) mass is 276 g/mol. The van der Waals surface area contributed by atoms with Gasteiger partial charge in [-0.15, -0.1) is 0 Å². The maximum absolute atomic E-state index is 11.5. The number of carbonyl (C=O) groups excluding carboxylic acids is 1. The number of rotatable bonds is 4. The minimum atomic E-state index is -1.28. The van der Waals surface area contributed by atoms with E-state index in [9.17, 15) is 14.7 Å². The molecule has 0 aliphatic carbocycles. The third-order valence-corrected chi connectivity index (χ3v) is 2.61. The van der Waals surface area contributed by atoms with Gasteiger partial charge in [0.05, 0.1) is 19.3 Å². The molecule has 104 valence electrons. The number of hydrogen-bond donors (Lipinski definition) is 2. The zero-order valence-electron chi connectivity index (χ0n) is 10.6. The Hall–Kier alpha value is -2.90. The van der Waals surface area contributed by atoms with Gasteiger partial charge in [0.2, 0.25) is 0 Å². The molecule has 0 saturated carbocycles. The number of methoxy groups -OCH3 is 1. The number of aromatic nitrogens is 3. The Morgan fingerprint density at radius 2 is 2.20 bits per heavy atom. The average molecular weight is 276 g/mol. The van der Waals surface area contributed by atoms with Gasteiger partial charge in [0.15, 0.2) is 11.4 Å². The number of anilines is 1. The number of carboxylic acids is 1. The quantitative estimate of drug-likeness (QED) is 0.775. The number of carboxylic acid groups (broad SMARTS) is 1. The largest absolute Gasteiger partial charge is 0.476 e. The van der Waals surface area contributed by atoms with Crippen LogP contribution in [0.1, 0.15) is 26.7 Å². The van der Waals surface area contributed by atoms with Gasteiger partial charge in [-0.2, -0.15) is 5.10 Å². The predicted molar refractivity (Wildman–Crippen MR) is 68.3 cm³/mol.